The molecule has 2 saturated carbocycles. The maximum Gasteiger partial charge on any atom is 0.408 e. The van der Waals surface area contributed by atoms with Crippen LogP contribution in [0.1, 0.15) is 61.8 Å². The minimum Gasteiger partial charge on any atom is -0.444 e. The summed E-state index contributed by atoms with van der Waals surface area (Å²) in [5.74, 6) is -2.46. The topological polar surface area (TPSA) is 151 Å². The lowest BCUT2D eigenvalue weighted by atomic mass is 9.85. The molecule has 0 spiro atoms. The Hall–Kier alpha value is -3.41. The number of hydrogen-bond donors (Lipinski definition) is 3. The molecule has 1 aromatic carbocycles. The first-order valence-corrected chi connectivity index (χ1v) is 16.0. The fraction of sp³-hybridized carbons (Fsp3) is 0.613. The van der Waals surface area contributed by atoms with Crippen LogP contribution in [0, 0.1) is 28.6 Å². The van der Waals surface area contributed by atoms with Gasteiger partial charge >= 0.3 is 6.09 Å². The van der Waals surface area contributed by atoms with E-state index in [1.807, 2.05) is 34.6 Å². The van der Waals surface area contributed by atoms with Crippen molar-refractivity contribution in [1.82, 2.24) is 20.3 Å². The first kappa shape index (κ1) is 32.5. The summed E-state index contributed by atoms with van der Waals surface area (Å²) in [6.45, 7) is 18.7. The molecule has 3 N–H and O–H groups in total. The number of likely N-dealkylation sites (tertiary alicyclic amines) is 1. The van der Waals surface area contributed by atoms with Gasteiger partial charge in [0.2, 0.25) is 11.8 Å². The fourth-order valence-corrected chi connectivity index (χ4v) is 7.31. The van der Waals surface area contributed by atoms with Crippen molar-refractivity contribution in [3.05, 3.63) is 43.0 Å². The third-order valence-corrected chi connectivity index (χ3v) is 10.2. The molecule has 1 aliphatic heterocycles. The quantitative estimate of drug-likeness (QED) is 0.380. The summed E-state index contributed by atoms with van der Waals surface area (Å²) in [6, 6.07) is 5.57. The number of fused-ring (bicyclic) bond motifs is 1. The number of benzene rings is 1. The van der Waals surface area contributed by atoms with Crippen molar-refractivity contribution in [2.45, 2.75) is 89.9 Å². The number of nitrogens with one attached hydrogen (secondary N) is 3. The van der Waals surface area contributed by atoms with Gasteiger partial charge in [-0.3, -0.25) is 14.4 Å². The molecule has 11 nitrogen and oxygen atoms in total. The standard InChI is InChI=1S/C31H44N4O7S/c1-10-18-16-31(18,26(38)34-43(40,41)19-14-12-11-13-15-19)33-24(36)22-21-20(30(21,8)9)17-35(22)25(37)23(28(2,3)4)32-27(39)42-29(5,6)7/h10-15,18,20-23H,1,16-17H2,2-9H3,(H,32,39)(H,33,36)(H,34,38)/t18?,20?,21?,22?,23?,31-/m1/s1. The molecule has 1 heterocycles. The smallest absolute Gasteiger partial charge is 0.408 e. The summed E-state index contributed by atoms with van der Waals surface area (Å²) in [6.07, 6.45) is 0.937. The Morgan fingerprint density at radius 2 is 1.67 bits per heavy atom. The number of nitrogens with zero attached hydrogens (tertiary/aromatic N) is 1. The predicted octanol–water partition coefficient (Wildman–Crippen LogP) is 2.97. The van der Waals surface area contributed by atoms with E-state index in [4.69, 9.17) is 4.74 Å². The molecule has 43 heavy (non-hydrogen) atoms. The highest BCUT2D eigenvalue weighted by atomic mass is 32.2. The Kier molecular flexibility index (Phi) is 8.04. The Bertz CT molecular complexity index is 1430. The predicted molar refractivity (Wildman–Crippen MR) is 160 cm³/mol. The molecule has 5 unspecified atom stereocenters. The van der Waals surface area contributed by atoms with Gasteiger partial charge in [-0.15, -0.1) is 6.58 Å². The van der Waals surface area contributed by atoms with Crippen LogP contribution in [-0.4, -0.2) is 66.9 Å². The zero-order valence-corrected chi connectivity index (χ0v) is 27.0. The zero-order chi connectivity index (χ0) is 32.3. The van der Waals surface area contributed by atoms with Crippen LogP contribution in [-0.2, 0) is 29.1 Å². The van der Waals surface area contributed by atoms with Gasteiger partial charge in [0, 0.05) is 12.5 Å². The first-order chi connectivity index (χ1) is 19.7. The Morgan fingerprint density at radius 1 is 1.07 bits per heavy atom. The van der Waals surface area contributed by atoms with Gasteiger partial charge in [0.25, 0.3) is 15.9 Å². The van der Waals surface area contributed by atoms with Crippen molar-refractivity contribution >= 4 is 33.8 Å². The highest BCUT2D eigenvalue weighted by Crippen LogP contribution is 2.65. The third kappa shape index (κ3) is 6.30. The Balaban J connectivity index is 1.58. The third-order valence-electron chi connectivity index (χ3n) is 8.87. The molecule has 0 aromatic heterocycles. The van der Waals surface area contributed by atoms with Crippen LogP contribution in [0.2, 0.25) is 0 Å². The average molecular weight is 617 g/mol. The van der Waals surface area contributed by atoms with Crippen molar-refractivity contribution in [1.29, 1.82) is 0 Å². The molecule has 0 radical (unpaired) electrons. The summed E-state index contributed by atoms with van der Waals surface area (Å²) in [5, 5.41) is 5.53. The maximum absolute atomic E-state index is 14.1. The number of hydrogen-bond acceptors (Lipinski definition) is 7. The highest BCUT2D eigenvalue weighted by molar-refractivity contribution is 7.90. The molecule has 236 valence electrons. The first-order valence-electron chi connectivity index (χ1n) is 14.5. The van der Waals surface area contributed by atoms with Crippen molar-refractivity contribution in [3.8, 4) is 0 Å². The molecule has 6 atom stereocenters. The molecule has 4 rings (SSSR count). The van der Waals surface area contributed by atoms with E-state index in [-0.39, 0.29) is 28.6 Å². The number of piperidine rings is 1. The van der Waals surface area contributed by atoms with Crippen LogP contribution in [0.4, 0.5) is 4.79 Å². The van der Waals surface area contributed by atoms with Crippen LogP contribution < -0.4 is 15.4 Å². The molecule has 3 aliphatic rings. The lowest BCUT2D eigenvalue weighted by molar-refractivity contribution is -0.144. The van der Waals surface area contributed by atoms with Crippen molar-refractivity contribution in [3.63, 3.8) is 0 Å². The minimum absolute atomic E-state index is 0.0481. The van der Waals surface area contributed by atoms with Gasteiger partial charge in [-0.1, -0.05) is 58.9 Å². The average Bonchev–Trinajstić information content (AvgIpc) is 3.63. The number of ether oxygens (including phenoxy) is 1. The number of alkyl carbamates (subject to hydrolysis) is 1. The summed E-state index contributed by atoms with van der Waals surface area (Å²) in [5.41, 5.74) is -3.23. The molecule has 4 amide bonds. The summed E-state index contributed by atoms with van der Waals surface area (Å²) >= 11 is 0. The van der Waals surface area contributed by atoms with Crippen LogP contribution in [0.3, 0.4) is 0 Å². The SMILES string of the molecule is C=CC1C[C@]1(NC(=O)C1C2C(CN1C(=O)C(NC(=O)OC(C)(C)C)C(C)(C)C)C2(C)C)C(=O)NS(=O)(=O)c1ccccc1. The van der Waals surface area contributed by atoms with Gasteiger partial charge < -0.3 is 20.3 Å². The molecule has 1 saturated heterocycles. The van der Waals surface area contributed by atoms with Crippen LogP contribution in [0.25, 0.3) is 0 Å². The van der Waals surface area contributed by atoms with Gasteiger partial charge in [0.15, 0.2) is 0 Å². The van der Waals surface area contributed by atoms with E-state index in [0.29, 0.717) is 6.54 Å². The van der Waals surface area contributed by atoms with Gasteiger partial charge in [-0.2, -0.15) is 0 Å². The second-order valence-electron chi connectivity index (χ2n) is 14.6. The molecule has 0 bridgehead atoms. The monoisotopic (exact) mass is 616 g/mol. The van der Waals surface area contributed by atoms with Crippen molar-refractivity contribution in [2.24, 2.45) is 28.6 Å². The number of sulfonamides is 1. The number of amides is 4. The summed E-state index contributed by atoms with van der Waals surface area (Å²) in [4.78, 5) is 55.7. The highest BCUT2D eigenvalue weighted by Gasteiger charge is 2.71. The Labute approximate surface area is 254 Å². The molecule has 12 heteroatoms. The fourth-order valence-electron chi connectivity index (χ4n) is 6.25. The molecule has 3 fully saturated rings. The lowest BCUT2D eigenvalue weighted by Gasteiger charge is -2.38. The largest absolute Gasteiger partial charge is 0.444 e. The lowest BCUT2D eigenvalue weighted by Crippen LogP contribution is -2.61. The van der Waals surface area contributed by atoms with Crippen molar-refractivity contribution in [2.75, 3.05) is 6.54 Å². The van der Waals surface area contributed by atoms with E-state index >= 15 is 0 Å². The van der Waals surface area contributed by atoms with Crippen LogP contribution in [0.15, 0.2) is 47.9 Å². The van der Waals surface area contributed by atoms with Crippen molar-refractivity contribution < 1.29 is 32.3 Å². The van der Waals surface area contributed by atoms with E-state index < -0.39 is 68.4 Å². The van der Waals surface area contributed by atoms with E-state index in [9.17, 15) is 27.6 Å². The summed E-state index contributed by atoms with van der Waals surface area (Å²) in [7, 11) is -4.19. The molecule has 1 aromatic rings. The van der Waals surface area contributed by atoms with E-state index in [1.165, 1.54) is 23.1 Å². The zero-order valence-electron chi connectivity index (χ0n) is 26.2. The molecular weight excluding hydrogens is 572 g/mol. The normalized spacial score (nSPS) is 28.1. The van der Waals surface area contributed by atoms with E-state index in [0.717, 1.165) is 0 Å². The van der Waals surface area contributed by atoms with Crippen LogP contribution >= 0.6 is 0 Å². The maximum atomic E-state index is 14.1. The molecule has 2 aliphatic carbocycles. The van der Waals surface area contributed by atoms with Gasteiger partial charge in [0.1, 0.15) is 23.2 Å². The van der Waals surface area contributed by atoms with Gasteiger partial charge in [0.05, 0.1) is 4.90 Å². The van der Waals surface area contributed by atoms with E-state index in [1.54, 1.807) is 39.0 Å². The number of rotatable bonds is 8. The molecular formula is C31H44N4O7S. The van der Waals surface area contributed by atoms with Gasteiger partial charge in [-0.05, 0) is 62.0 Å². The minimum atomic E-state index is -4.19. The Morgan fingerprint density at radius 3 is 2.19 bits per heavy atom. The van der Waals surface area contributed by atoms with E-state index in [2.05, 4.69) is 21.9 Å². The second kappa shape index (κ2) is 10.6. The van der Waals surface area contributed by atoms with Gasteiger partial charge in [-0.25, -0.2) is 17.9 Å². The second-order valence-corrected chi connectivity index (χ2v) is 16.3. The number of carbonyl (C=O) groups is 4. The van der Waals surface area contributed by atoms with Crippen LogP contribution in [0.5, 0.6) is 0 Å². The summed E-state index contributed by atoms with van der Waals surface area (Å²) < 4.78 is 33.4. The number of carbonyl (C=O) groups excluding carboxylic acids is 4.